The highest BCUT2D eigenvalue weighted by molar-refractivity contribution is 5.92. The maximum absolute atomic E-state index is 11.5. The van der Waals surface area contributed by atoms with Crippen molar-refractivity contribution in [3.05, 3.63) is 41.5 Å². The minimum atomic E-state index is -0.738. The largest absolute Gasteiger partial charge is 0.390 e. The SMILES string of the molecule is CN(C)[C@H]1C[C@@]23CC[C@@]4(O2)C(=CC[C@]2(C)C(c5ccc6[nH]nc(N)c6c5)=CCC24)C2CC23[C@@H](O)[C@@H]1O. The van der Waals surface area contributed by atoms with Crippen LogP contribution in [0.4, 0.5) is 5.82 Å². The maximum atomic E-state index is 11.5. The van der Waals surface area contributed by atoms with Crippen molar-refractivity contribution in [1.29, 1.82) is 0 Å². The minimum Gasteiger partial charge on any atom is -0.390 e. The number of aromatic nitrogens is 2. The summed E-state index contributed by atoms with van der Waals surface area (Å²) in [6.45, 7) is 2.42. The molecule has 0 radical (unpaired) electrons. The Morgan fingerprint density at radius 3 is 2.81 bits per heavy atom. The third kappa shape index (κ3) is 2.21. The molecule has 2 aliphatic heterocycles. The molecule has 4 aliphatic carbocycles. The molecule has 2 bridgehead atoms. The van der Waals surface area contributed by atoms with Gasteiger partial charge in [0, 0.05) is 28.2 Å². The summed E-state index contributed by atoms with van der Waals surface area (Å²) in [5.74, 6) is 1.25. The summed E-state index contributed by atoms with van der Waals surface area (Å²) in [6, 6.07) is 6.38. The second-order valence-corrected chi connectivity index (χ2v) is 13.0. The molecular formula is C29H36N4O3. The molecule has 8 rings (SSSR count). The Morgan fingerprint density at radius 1 is 1.17 bits per heavy atom. The van der Waals surface area contributed by atoms with Gasteiger partial charge in [-0.25, -0.2) is 0 Å². The Morgan fingerprint density at radius 2 is 2.00 bits per heavy atom. The molecule has 2 saturated carbocycles. The third-order valence-corrected chi connectivity index (χ3v) is 11.6. The quantitative estimate of drug-likeness (QED) is 0.484. The van der Waals surface area contributed by atoms with Gasteiger partial charge >= 0.3 is 0 Å². The van der Waals surface area contributed by atoms with Crippen LogP contribution in [0, 0.1) is 22.7 Å². The molecule has 7 nitrogen and oxygen atoms in total. The van der Waals surface area contributed by atoms with Gasteiger partial charge in [0.2, 0.25) is 0 Å². The first-order valence-corrected chi connectivity index (χ1v) is 13.5. The zero-order valence-corrected chi connectivity index (χ0v) is 21.3. The fourth-order valence-corrected chi connectivity index (χ4v) is 9.83. The van der Waals surface area contributed by atoms with E-state index in [1.54, 1.807) is 0 Å². The van der Waals surface area contributed by atoms with Crippen LogP contribution < -0.4 is 5.73 Å². The van der Waals surface area contributed by atoms with E-state index < -0.39 is 12.2 Å². The fraction of sp³-hybridized carbons (Fsp3) is 0.621. The Bertz CT molecular complexity index is 1380. The van der Waals surface area contributed by atoms with Crippen LogP contribution in [0.1, 0.15) is 51.0 Å². The summed E-state index contributed by atoms with van der Waals surface area (Å²) < 4.78 is 7.43. The lowest BCUT2D eigenvalue weighted by atomic mass is 9.57. The number of aliphatic hydroxyl groups is 2. The Labute approximate surface area is 211 Å². The van der Waals surface area contributed by atoms with Crippen molar-refractivity contribution in [2.45, 2.75) is 74.9 Å². The van der Waals surface area contributed by atoms with Crippen LogP contribution in [0.25, 0.3) is 16.5 Å². The zero-order valence-electron chi connectivity index (χ0n) is 21.3. The number of rotatable bonds is 2. The van der Waals surface area contributed by atoms with Crippen LogP contribution >= 0.6 is 0 Å². The van der Waals surface area contributed by atoms with Crippen molar-refractivity contribution in [3.8, 4) is 0 Å². The number of nitrogens with two attached hydrogens (primary N) is 1. The van der Waals surface area contributed by atoms with Gasteiger partial charge in [-0.3, -0.25) is 5.10 Å². The van der Waals surface area contributed by atoms with Crippen molar-refractivity contribution in [1.82, 2.24) is 15.1 Å². The molecule has 4 fully saturated rings. The number of benzene rings is 1. The fourth-order valence-electron chi connectivity index (χ4n) is 9.83. The molecule has 1 aromatic carbocycles. The second kappa shape index (κ2) is 6.44. The number of aliphatic hydroxyl groups excluding tert-OH is 2. The number of nitrogens with one attached hydrogen (secondary N) is 1. The van der Waals surface area contributed by atoms with E-state index in [-0.39, 0.29) is 28.1 Å². The van der Waals surface area contributed by atoms with Crippen LogP contribution in [0.3, 0.4) is 0 Å². The molecular weight excluding hydrogens is 452 g/mol. The number of hydrogen-bond donors (Lipinski definition) is 4. The molecule has 2 saturated heterocycles. The van der Waals surface area contributed by atoms with Crippen molar-refractivity contribution < 1.29 is 14.9 Å². The first-order valence-electron chi connectivity index (χ1n) is 13.5. The van der Waals surface area contributed by atoms with Gasteiger partial charge in [-0.05, 0) is 87.4 Å². The number of aromatic amines is 1. The molecule has 3 heterocycles. The van der Waals surface area contributed by atoms with Gasteiger partial charge < -0.3 is 25.6 Å². The predicted octanol–water partition coefficient (Wildman–Crippen LogP) is 3.25. The molecule has 36 heavy (non-hydrogen) atoms. The molecule has 7 heteroatoms. The highest BCUT2D eigenvalue weighted by atomic mass is 16.5. The van der Waals surface area contributed by atoms with Crippen molar-refractivity contribution in [3.63, 3.8) is 0 Å². The Hall–Kier alpha value is -2.19. The highest BCUT2D eigenvalue weighted by Gasteiger charge is 2.84. The topological polar surface area (TPSA) is 108 Å². The van der Waals surface area contributed by atoms with Gasteiger partial charge in [0.25, 0.3) is 0 Å². The molecule has 6 aliphatic rings. The van der Waals surface area contributed by atoms with Gasteiger partial charge in [0.05, 0.1) is 28.9 Å². The first-order chi connectivity index (χ1) is 17.2. The van der Waals surface area contributed by atoms with E-state index >= 15 is 0 Å². The van der Waals surface area contributed by atoms with Gasteiger partial charge in [-0.2, -0.15) is 5.10 Å². The molecule has 3 unspecified atom stereocenters. The van der Waals surface area contributed by atoms with E-state index in [4.69, 9.17) is 10.5 Å². The number of fused-ring (bicyclic) bond motifs is 3. The molecule has 5 N–H and O–H groups in total. The summed E-state index contributed by atoms with van der Waals surface area (Å²) >= 11 is 0. The number of ether oxygens (including phenoxy) is 1. The van der Waals surface area contributed by atoms with Gasteiger partial charge in [-0.1, -0.05) is 25.1 Å². The Kier molecular flexibility index (Phi) is 3.91. The van der Waals surface area contributed by atoms with Crippen LogP contribution in [0.2, 0.25) is 0 Å². The van der Waals surface area contributed by atoms with Gasteiger partial charge in [-0.15, -0.1) is 0 Å². The molecule has 2 aromatic rings. The lowest BCUT2D eigenvalue weighted by molar-refractivity contribution is -0.248. The normalized spacial score (nSPS) is 48.2. The lowest BCUT2D eigenvalue weighted by Gasteiger charge is -2.59. The number of anilines is 1. The molecule has 1 aromatic heterocycles. The van der Waals surface area contributed by atoms with E-state index in [9.17, 15) is 10.2 Å². The van der Waals surface area contributed by atoms with Crippen molar-refractivity contribution >= 4 is 22.3 Å². The minimum absolute atomic E-state index is 0.0240. The third-order valence-electron chi connectivity index (χ3n) is 11.6. The van der Waals surface area contributed by atoms with Gasteiger partial charge in [0.1, 0.15) is 0 Å². The molecule has 3 spiro atoms. The average molecular weight is 489 g/mol. The van der Waals surface area contributed by atoms with E-state index in [0.29, 0.717) is 17.7 Å². The number of nitrogen functional groups attached to an aromatic ring is 1. The molecule has 190 valence electrons. The first kappa shape index (κ1) is 21.9. The standard InChI is InChI=1S/C29H36N4O3/c1-26-9-8-18-19-13-28(19)24(35)23(34)21(33(2)3)14-27(28)10-11-29(18,36-27)22(26)7-5-17(26)15-4-6-20-16(12-15)25(30)32-31-20/h4-6,8,12,19,21-24,34-35H,7,9-11,13-14H2,1-3H3,(H3,30,31,32)/t19?,21-,22?,23+,24-,26+,27+,28?,29+/m0/s1. The highest BCUT2D eigenvalue weighted by Crippen LogP contribution is 2.81. The number of nitrogens with zero attached hydrogens (tertiary/aromatic N) is 2. The number of likely N-dealkylation sites (N-methyl/N-ethyl adjacent to an activating group) is 1. The van der Waals surface area contributed by atoms with E-state index in [2.05, 4.69) is 52.4 Å². The lowest BCUT2D eigenvalue weighted by Crippen LogP contribution is -2.67. The monoisotopic (exact) mass is 488 g/mol. The van der Waals surface area contributed by atoms with E-state index in [1.807, 2.05) is 14.1 Å². The summed E-state index contributed by atoms with van der Waals surface area (Å²) in [5, 5.41) is 30.8. The predicted molar refractivity (Wildman–Crippen MR) is 138 cm³/mol. The average Bonchev–Trinajstić information content (AvgIpc) is 3.16. The molecule has 9 atom stereocenters. The number of hydrogen-bond acceptors (Lipinski definition) is 6. The summed E-state index contributed by atoms with van der Waals surface area (Å²) in [4.78, 5) is 2.07. The zero-order chi connectivity index (χ0) is 24.8. The summed E-state index contributed by atoms with van der Waals surface area (Å²) in [7, 11) is 4.01. The van der Waals surface area contributed by atoms with Crippen LogP contribution in [0.5, 0.6) is 0 Å². The van der Waals surface area contributed by atoms with Crippen LogP contribution in [-0.2, 0) is 4.74 Å². The van der Waals surface area contributed by atoms with Crippen LogP contribution in [-0.4, -0.2) is 68.9 Å². The van der Waals surface area contributed by atoms with Gasteiger partial charge in [0.15, 0.2) is 5.82 Å². The molecule has 0 amide bonds. The summed E-state index contributed by atoms with van der Waals surface area (Å²) in [6.07, 6.45) is 9.13. The van der Waals surface area contributed by atoms with Crippen molar-refractivity contribution in [2.75, 3.05) is 19.8 Å². The smallest absolute Gasteiger partial charge is 0.153 e. The maximum Gasteiger partial charge on any atom is 0.153 e. The van der Waals surface area contributed by atoms with Crippen molar-refractivity contribution in [2.24, 2.45) is 22.7 Å². The number of H-pyrrole nitrogens is 1. The van der Waals surface area contributed by atoms with E-state index in [1.165, 1.54) is 16.7 Å². The summed E-state index contributed by atoms with van der Waals surface area (Å²) in [5.41, 5.74) is 10.2. The van der Waals surface area contributed by atoms with E-state index in [0.717, 1.165) is 49.4 Å². The number of allylic oxidation sites excluding steroid dienone is 3. The second-order valence-electron chi connectivity index (χ2n) is 13.0. The van der Waals surface area contributed by atoms with Crippen LogP contribution in [0.15, 0.2) is 35.9 Å². The Balaban J connectivity index is 1.21.